The average Bonchev–Trinajstić information content (AvgIpc) is 2.73. The highest BCUT2D eigenvalue weighted by atomic mass is 16.3. The fourth-order valence-corrected chi connectivity index (χ4v) is 2.14. The molecular weight excluding hydrogens is 176 g/mol. The number of hydrogen-bond donors (Lipinski definition) is 1. The van der Waals surface area contributed by atoms with E-state index in [9.17, 15) is 0 Å². The molecule has 1 atom stereocenters. The Morgan fingerprint density at radius 2 is 2.50 bits per heavy atom. The summed E-state index contributed by atoms with van der Waals surface area (Å²) in [7, 11) is 2.13. The number of likely N-dealkylation sites (tertiary alicyclic amines) is 1. The number of nitrogens with two attached hydrogens (primary N) is 1. The number of rotatable bonds is 3. The van der Waals surface area contributed by atoms with Crippen molar-refractivity contribution in [1.82, 2.24) is 4.90 Å². The smallest absolute Gasteiger partial charge is 0.103 e. The normalized spacial score (nSPS) is 28.4. The summed E-state index contributed by atoms with van der Waals surface area (Å²) < 4.78 is 5.30. The zero-order chi connectivity index (χ0) is 10.0. The van der Waals surface area contributed by atoms with Gasteiger partial charge in [0.25, 0.3) is 0 Å². The first-order valence-corrected chi connectivity index (χ1v) is 5.18. The summed E-state index contributed by atoms with van der Waals surface area (Å²) in [5, 5.41) is 0. The Hall–Kier alpha value is -0.800. The Balaban J connectivity index is 1.86. The topological polar surface area (TPSA) is 42.4 Å². The molecule has 0 amide bonds. The van der Waals surface area contributed by atoms with Gasteiger partial charge in [-0.3, -0.25) is 0 Å². The van der Waals surface area contributed by atoms with E-state index in [0.717, 1.165) is 38.1 Å². The molecule has 0 aliphatic carbocycles. The molecule has 1 saturated heterocycles. The van der Waals surface area contributed by atoms with Crippen molar-refractivity contribution in [2.45, 2.75) is 24.8 Å². The van der Waals surface area contributed by atoms with E-state index < -0.39 is 0 Å². The summed E-state index contributed by atoms with van der Waals surface area (Å²) in [6, 6.07) is 3.95. The highest BCUT2D eigenvalue weighted by Gasteiger charge is 2.32. The zero-order valence-corrected chi connectivity index (χ0v) is 8.70. The lowest BCUT2D eigenvalue weighted by molar-refractivity contribution is 0.346. The van der Waals surface area contributed by atoms with Crippen molar-refractivity contribution in [1.29, 1.82) is 0 Å². The van der Waals surface area contributed by atoms with Crippen LogP contribution in [0, 0.1) is 0 Å². The Labute approximate surface area is 84.9 Å². The molecule has 0 saturated carbocycles. The molecule has 14 heavy (non-hydrogen) atoms. The Morgan fingerprint density at radius 1 is 1.64 bits per heavy atom. The second-order valence-electron chi connectivity index (χ2n) is 4.43. The molecule has 3 heteroatoms. The maximum absolute atomic E-state index is 6.28. The van der Waals surface area contributed by atoms with Crippen molar-refractivity contribution in [3.8, 4) is 0 Å². The van der Waals surface area contributed by atoms with E-state index in [2.05, 4.69) is 11.9 Å². The molecule has 0 radical (unpaired) electrons. The molecule has 1 aromatic rings. The van der Waals surface area contributed by atoms with E-state index in [-0.39, 0.29) is 5.54 Å². The largest absolute Gasteiger partial charge is 0.469 e. The molecule has 1 unspecified atom stereocenters. The molecule has 0 aromatic carbocycles. The van der Waals surface area contributed by atoms with Gasteiger partial charge >= 0.3 is 0 Å². The van der Waals surface area contributed by atoms with Crippen LogP contribution in [0.3, 0.4) is 0 Å². The Kier molecular flexibility index (Phi) is 2.61. The van der Waals surface area contributed by atoms with Crippen LogP contribution in [0.15, 0.2) is 22.8 Å². The summed E-state index contributed by atoms with van der Waals surface area (Å²) in [4.78, 5) is 2.29. The molecule has 78 valence electrons. The van der Waals surface area contributed by atoms with E-state index in [4.69, 9.17) is 10.2 Å². The minimum atomic E-state index is 0.00153. The highest BCUT2D eigenvalue weighted by Crippen LogP contribution is 2.22. The van der Waals surface area contributed by atoms with Gasteiger partial charge in [-0.05, 0) is 38.6 Å². The monoisotopic (exact) mass is 194 g/mol. The maximum Gasteiger partial charge on any atom is 0.103 e. The lowest BCUT2D eigenvalue weighted by atomic mass is 9.93. The molecule has 1 fully saturated rings. The molecule has 1 aromatic heterocycles. The van der Waals surface area contributed by atoms with Crippen LogP contribution in [0.2, 0.25) is 0 Å². The molecule has 2 rings (SSSR count). The minimum absolute atomic E-state index is 0.00153. The van der Waals surface area contributed by atoms with Gasteiger partial charge in [-0.25, -0.2) is 0 Å². The lowest BCUT2D eigenvalue weighted by Crippen LogP contribution is -2.42. The van der Waals surface area contributed by atoms with Gasteiger partial charge < -0.3 is 15.1 Å². The van der Waals surface area contributed by atoms with Crippen LogP contribution in [0.5, 0.6) is 0 Å². The van der Waals surface area contributed by atoms with Gasteiger partial charge in [-0.2, -0.15) is 0 Å². The third-order valence-corrected chi connectivity index (χ3v) is 3.03. The molecule has 2 heterocycles. The molecule has 3 nitrogen and oxygen atoms in total. The van der Waals surface area contributed by atoms with Crippen LogP contribution in [0.4, 0.5) is 0 Å². The number of hydrogen-bond acceptors (Lipinski definition) is 3. The number of furan rings is 1. The summed E-state index contributed by atoms with van der Waals surface area (Å²) in [5.74, 6) is 1.05. The molecule has 1 aliphatic heterocycles. The van der Waals surface area contributed by atoms with E-state index in [1.807, 2.05) is 12.1 Å². The van der Waals surface area contributed by atoms with Crippen molar-refractivity contribution in [2.24, 2.45) is 5.73 Å². The Morgan fingerprint density at radius 3 is 3.07 bits per heavy atom. The SMILES string of the molecule is CN1CCC(N)(CCc2ccco2)C1. The first-order valence-electron chi connectivity index (χ1n) is 5.18. The highest BCUT2D eigenvalue weighted by molar-refractivity contribution is 5.02. The van der Waals surface area contributed by atoms with Crippen molar-refractivity contribution in [3.05, 3.63) is 24.2 Å². The van der Waals surface area contributed by atoms with Crippen molar-refractivity contribution < 1.29 is 4.42 Å². The maximum atomic E-state index is 6.28. The predicted molar refractivity (Wildman–Crippen MR) is 56.1 cm³/mol. The molecular formula is C11H18N2O. The van der Waals surface area contributed by atoms with Crippen molar-refractivity contribution in [2.75, 3.05) is 20.1 Å². The van der Waals surface area contributed by atoms with E-state index in [0.29, 0.717) is 0 Å². The third kappa shape index (κ3) is 2.16. The average molecular weight is 194 g/mol. The summed E-state index contributed by atoms with van der Waals surface area (Å²) >= 11 is 0. The molecule has 2 N–H and O–H groups in total. The van der Waals surface area contributed by atoms with Crippen LogP contribution in [0.1, 0.15) is 18.6 Å². The van der Waals surface area contributed by atoms with Gasteiger partial charge in [0.1, 0.15) is 5.76 Å². The Bertz CT molecular complexity index is 283. The standard InChI is InChI=1S/C11H18N2O/c1-13-7-6-11(12,9-13)5-4-10-3-2-8-14-10/h2-3,8H,4-7,9,12H2,1H3. The second kappa shape index (κ2) is 3.75. The summed E-state index contributed by atoms with van der Waals surface area (Å²) in [5.41, 5.74) is 6.28. The summed E-state index contributed by atoms with van der Waals surface area (Å²) in [6.45, 7) is 2.13. The van der Waals surface area contributed by atoms with Gasteiger partial charge in [0.2, 0.25) is 0 Å². The van der Waals surface area contributed by atoms with Crippen LogP contribution < -0.4 is 5.73 Å². The first kappa shape index (κ1) is 9.74. The van der Waals surface area contributed by atoms with Gasteiger partial charge in [0.05, 0.1) is 6.26 Å². The minimum Gasteiger partial charge on any atom is -0.469 e. The number of likely N-dealkylation sites (N-methyl/N-ethyl adjacent to an activating group) is 1. The number of nitrogens with zero attached hydrogens (tertiary/aromatic N) is 1. The van der Waals surface area contributed by atoms with Crippen LogP contribution in [-0.4, -0.2) is 30.6 Å². The zero-order valence-electron chi connectivity index (χ0n) is 8.70. The summed E-state index contributed by atoms with van der Waals surface area (Å²) in [6.07, 6.45) is 4.80. The fourth-order valence-electron chi connectivity index (χ4n) is 2.14. The first-order chi connectivity index (χ1) is 6.68. The van der Waals surface area contributed by atoms with E-state index in [1.54, 1.807) is 6.26 Å². The fraction of sp³-hybridized carbons (Fsp3) is 0.636. The quantitative estimate of drug-likeness (QED) is 0.787. The lowest BCUT2D eigenvalue weighted by Gasteiger charge is -2.22. The second-order valence-corrected chi connectivity index (χ2v) is 4.43. The van der Waals surface area contributed by atoms with Crippen molar-refractivity contribution in [3.63, 3.8) is 0 Å². The van der Waals surface area contributed by atoms with E-state index in [1.165, 1.54) is 0 Å². The van der Waals surface area contributed by atoms with Crippen LogP contribution in [0.25, 0.3) is 0 Å². The van der Waals surface area contributed by atoms with Gasteiger partial charge in [0, 0.05) is 18.5 Å². The number of aryl methyl sites for hydroxylation is 1. The van der Waals surface area contributed by atoms with Crippen molar-refractivity contribution >= 4 is 0 Å². The third-order valence-electron chi connectivity index (χ3n) is 3.03. The molecule has 0 bridgehead atoms. The van der Waals surface area contributed by atoms with Crippen LogP contribution >= 0.6 is 0 Å². The van der Waals surface area contributed by atoms with Gasteiger partial charge in [0.15, 0.2) is 0 Å². The van der Waals surface area contributed by atoms with E-state index >= 15 is 0 Å². The molecule has 1 aliphatic rings. The van der Waals surface area contributed by atoms with Gasteiger partial charge in [-0.15, -0.1) is 0 Å². The predicted octanol–water partition coefficient (Wildman–Crippen LogP) is 1.25. The van der Waals surface area contributed by atoms with Gasteiger partial charge in [-0.1, -0.05) is 0 Å². The van der Waals surface area contributed by atoms with Crippen LogP contribution in [-0.2, 0) is 6.42 Å². The molecule has 0 spiro atoms.